The van der Waals surface area contributed by atoms with Crippen LogP contribution in [-0.4, -0.2) is 33.7 Å². The summed E-state index contributed by atoms with van der Waals surface area (Å²) in [5.41, 5.74) is 5.31. The van der Waals surface area contributed by atoms with Crippen LogP contribution in [0.4, 0.5) is 5.82 Å². The van der Waals surface area contributed by atoms with Crippen molar-refractivity contribution in [1.29, 1.82) is 0 Å². The van der Waals surface area contributed by atoms with Crippen LogP contribution < -0.4 is 20.8 Å². The largest absolute Gasteiger partial charge is 0.490 e. The highest BCUT2D eigenvalue weighted by atomic mass is 16.5. The van der Waals surface area contributed by atoms with E-state index in [-0.39, 0.29) is 30.1 Å². The Kier molecular flexibility index (Phi) is 6.48. The second kappa shape index (κ2) is 9.25. The lowest BCUT2D eigenvalue weighted by Gasteiger charge is -2.16. The lowest BCUT2D eigenvalue weighted by molar-refractivity contribution is 0.0695. The highest BCUT2D eigenvalue weighted by molar-refractivity contribution is 6.07. The highest BCUT2D eigenvalue weighted by Crippen LogP contribution is 2.36. The maximum Gasteiger partial charge on any atom is 0.342 e. The molecule has 0 unspecified atom stereocenters. The molecular formula is C23H22N2O7. The maximum atomic E-state index is 12.3. The molecule has 1 aromatic heterocycles. The van der Waals surface area contributed by atoms with Crippen LogP contribution >= 0.6 is 0 Å². The number of nitrogen functional groups attached to an aromatic ring is 1. The third-order valence-corrected chi connectivity index (χ3v) is 4.85. The number of rotatable bonds is 8. The quantitative estimate of drug-likeness (QED) is 0.418. The number of carboxylic acids is 2. The summed E-state index contributed by atoms with van der Waals surface area (Å²) in [7, 11) is 0. The van der Waals surface area contributed by atoms with E-state index in [1.54, 1.807) is 6.92 Å². The third kappa shape index (κ3) is 4.41. The molecule has 0 saturated heterocycles. The summed E-state index contributed by atoms with van der Waals surface area (Å²) < 4.78 is 11.5. The monoisotopic (exact) mass is 438 g/mol. The average Bonchev–Trinajstić information content (AvgIpc) is 2.72. The minimum absolute atomic E-state index is 0.143. The number of aromatic carboxylic acids is 2. The first-order chi connectivity index (χ1) is 15.2. The van der Waals surface area contributed by atoms with E-state index in [0.717, 1.165) is 11.1 Å². The Bertz CT molecular complexity index is 1250. The fraction of sp³-hybridized carbons (Fsp3) is 0.174. The van der Waals surface area contributed by atoms with Crippen LogP contribution in [0.5, 0.6) is 11.5 Å². The number of hydrogen-bond donors (Lipinski definition) is 4. The number of hydrogen-bond acceptors (Lipinski definition) is 6. The van der Waals surface area contributed by atoms with Crippen molar-refractivity contribution >= 4 is 17.8 Å². The molecule has 0 aliphatic rings. The zero-order chi connectivity index (χ0) is 23.4. The molecular weight excluding hydrogens is 416 g/mol. The molecule has 32 heavy (non-hydrogen) atoms. The van der Waals surface area contributed by atoms with Gasteiger partial charge in [-0.3, -0.25) is 4.79 Å². The molecule has 9 nitrogen and oxygen atoms in total. The number of aryl methyl sites for hydroxylation is 1. The fourth-order valence-corrected chi connectivity index (χ4v) is 3.31. The topological polar surface area (TPSA) is 152 Å². The van der Waals surface area contributed by atoms with E-state index in [9.17, 15) is 24.6 Å². The molecule has 2 aromatic carbocycles. The van der Waals surface area contributed by atoms with Crippen molar-refractivity contribution in [2.24, 2.45) is 0 Å². The molecule has 0 aliphatic carbocycles. The number of pyridine rings is 1. The lowest BCUT2D eigenvalue weighted by atomic mass is 9.95. The van der Waals surface area contributed by atoms with E-state index in [4.69, 9.17) is 15.2 Å². The highest BCUT2D eigenvalue weighted by Gasteiger charge is 2.27. The van der Waals surface area contributed by atoms with Gasteiger partial charge in [0.2, 0.25) is 0 Å². The molecule has 3 rings (SSSR count). The summed E-state index contributed by atoms with van der Waals surface area (Å²) in [5.74, 6) is -2.86. The van der Waals surface area contributed by atoms with Gasteiger partial charge in [0.1, 0.15) is 23.6 Å². The van der Waals surface area contributed by atoms with Crippen LogP contribution in [0.25, 0.3) is 11.1 Å². The van der Waals surface area contributed by atoms with Gasteiger partial charge in [-0.15, -0.1) is 0 Å². The Morgan fingerprint density at radius 1 is 1.00 bits per heavy atom. The van der Waals surface area contributed by atoms with Gasteiger partial charge < -0.3 is 30.4 Å². The fourth-order valence-electron chi connectivity index (χ4n) is 3.31. The molecule has 0 atom stereocenters. The van der Waals surface area contributed by atoms with E-state index < -0.39 is 34.4 Å². The van der Waals surface area contributed by atoms with Crippen LogP contribution in [-0.2, 0) is 6.61 Å². The number of benzene rings is 2. The first-order valence-electron chi connectivity index (χ1n) is 9.71. The number of nitrogens with one attached hydrogen (secondary N) is 1. The lowest BCUT2D eigenvalue weighted by Crippen LogP contribution is -2.24. The molecule has 0 fully saturated rings. The first kappa shape index (κ1) is 22.4. The van der Waals surface area contributed by atoms with Gasteiger partial charge >= 0.3 is 11.9 Å². The van der Waals surface area contributed by atoms with Gasteiger partial charge in [-0.25, -0.2) is 9.59 Å². The number of aromatic amines is 1. The van der Waals surface area contributed by atoms with Crippen molar-refractivity contribution in [3.63, 3.8) is 0 Å². The summed E-state index contributed by atoms with van der Waals surface area (Å²) >= 11 is 0. The summed E-state index contributed by atoms with van der Waals surface area (Å²) in [5, 5.41) is 19.2. The normalized spacial score (nSPS) is 10.6. The minimum atomic E-state index is -1.58. The van der Waals surface area contributed by atoms with Crippen LogP contribution in [0.1, 0.15) is 38.8 Å². The van der Waals surface area contributed by atoms with Gasteiger partial charge in [0.25, 0.3) is 5.56 Å². The van der Waals surface area contributed by atoms with Crippen LogP contribution in [0.3, 0.4) is 0 Å². The Morgan fingerprint density at radius 2 is 1.69 bits per heavy atom. The number of aromatic nitrogens is 1. The van der Waals surface area contributed by atoms with Crippen LogP contribution in [0, 0.1) is 6.92 Å². The number of anilines is 1. The van der Waals surface area contributed by atoms with E-state index in [1.807, 2.05) is 31.2 Å². The summed E-state index contributed by atoms with van der Waals surface area (Å²) in [6.45, 7) is 4.27. The van der Waals surface area contributed by atoms with E-state index >= 15 is 0 Å². The molecule has 0 saturated carbocycles. The average molecular weight is 438 g/mol. The van der Waals surface area contributed by atoms with Crippen molar-refractivity contribution < 1.29 is 29.3 Å². The second-order valence-corrected chi connectivity index (χ2v) is 6.91. The molecule has 1 heterocycles. The Hall–Kier alpha value is -4.27. The minimum Gasteiger partial charge on any atom is -0.490 e. The van der Waals surface area contributed by atoms with Crippen molar-refractivity contribution in [3.05, 3.63) is 75.1 Å². The van der Waals surface area contributed by atoms with Crippen molar-refractivity contribution in [2.45, 2.75) is 20.5 Å². The molecule has 0 spiro atoms. The van der Waals surface area contributed by atoms with Crippen molar-refractivity contribution in [1.82, 2.24) is 4.98 Å². The second-order valence-electron chi connectivity index (χ2n) is 6.91. The van der Waals surface area contributed by atoms with Gasteiger partial charge in [0.15, 0.2) is 11.5 Å². The van der Waals surface area contributed by atoms with Gasteiger partial charge in [-0.05, 0) is 42.7 Å². The molecule has 0 aliphatic heterocycles. The Labute approximate surface area is 183 Å². The van der Waals surface area contributed by atoms with Gasteiger partial charge in [0, 0.05) is 5.56 Å². The zero-order valence-electron chi connectivity index (χ0n) is 17.5. The van der Waals surface area contributed by atoms with Gasteiger partial charge in [-0.2, -0.15) is 0 Å². The smallest absolute Gasteiger partial charge is 0.342 e. The standard InChI is InChI=1S/C23H22N2O7/c1-3-31-16-10-13(8-9-15(16)32-11-14-7-5-4-6-12(14)2)17-18(22(27)28)20(24)25-21(26)19(17)23(29)30/h4-10H,3,11H2,1-2H3,(H,27,28)(H,29,30)(H3,24,25,26). The van der Waals surface area contributed by atoms with Crippen molar-refractivity contribution in [3.8, 4) is 22.6 Å². The summed E-state index contributed by atoms with van der Waals surface area (Å²) in [6.07, 6.45) is 0. The Balaban J connectivity index is 2.13. The predicted molar refractivity (Wildman–Crippen MR) is 118 cm³/mol. The third-order valence-electron chi connectivity index (χ3n) is 4.85. The maximum absolute atomic E-state index is 12.3. The number of carboxylic acid groups (broad SMARTS) is 2. The molecule has 0 amide bonds. The summed E-state index contributed by atoms with van der Waals surface area (Å²) in [4.78, 5) is 37.9. The molecule has 0 radical (unpaired) electrons. The van der Waals surface area contributed by atoms with Crippen molar-refractivity contribution in [2.75, 3.05) is 12.3 Å². The number of H-pyrrole nitrogens is 1. The molecule has 5 N–H and O–H groups in total. The predicted octanol–water partition coefficient (Wildman–Crippen LogP) is 3.31. The Morgan fingerprint density at radius 3 is 2.31 bits per heavy atom. The van der Waals surface area contributed by atoms with Crippen LogP contribution in [0.2, 0.25) is 0 Å². The zero-order valence-corrected chi connectivity index (χ0v) is 17.5. The number of carbonyl (C=O) groups is 2. The molecule has 3 aromatic rings. The van der Waals surface area contributed by atoms with E-state index in [2.05, 4.69) is 4.98 Å². The van der Waals surface area contributed by atoms with E-state index in [1.165, 1.54) is 18.2 Å². The van der Waals surface area contributed by atoms with E-state index in [0.29, 0.717) is 5.75 Å². The number of nitrogens with two attached hydrogens (primary N) is 1. The van der Waals surface area contributed by atoms with Gasteiger partial charge in [-0.1, -0.05) is 30.3 Å². The molecule has 166 valence electrons. The number of ether oxygens (including phenoxy) is 2. The SMILES string of the molecule is CCOc1cc(-c2c(C(=O)O)c(N)[nH]c(=O)c2C(=O)O)ccc1OCc1ccccc1C. The summed E-state index contributed by atoms with van der Waals surface area (Å²) in [6, 6.07) is 12.1. The van der Waals surface area contributed by atoms with Gasteiger partial charge in [0.05, 0.1) is 6.61 Å². The molecule has 0 bridgehead atoms. The first-order valence-corrected chi connectivity index (χ1v) is 9.71. The molecule has 9 heteroatoms. The van der Waals surface area contributed by atoms with Crippen LogP contribution in [0.15, 0.2) is 47.3 Å².